The Morgan fingerprint density at radius 2 is 2.25 bits per heavy atom. The standard InChI is InChI=1S/C10H10BrN3OS/c1-5-3-7(16-9(5)11)10(15)12-8-4-6(2)13-14-8/h3-4H,1-2H3,(H2,12,13,14,15). The third-order valence-corrected chi connectivity index (χ3v) is 4.16. The lowest BCUT2D eigenvalue weighted by Crippen LogP contribution is -2.10. The SMILES string of the molecule is Cc1cc(NC(=O)c2cc(C)c(Br)s2)n[nH]1. The number of aromatic nitrogens is 2. The van der Waals surface area contributed by atoms with Gasteiger partial charge in [0.15, 0.2) is 5.82 Å². The number of amides is 1. The second kappa shape index (κ2) is 4.39. The van der Waals surface area contributed by atoms with Gasteiger partial charge in [0.1, 0.15) is 0 Å². The van der Waals surface area contributed by atoms with Crippen LogP contribution in [-0.4, -0.2) is 16.1 Å². The molecule has 0 saturated heterocycles. The number of aryl methyl sites for hydroxylation is 2. The molecule has 0 radical (unpaired) electrons. The summed E-state index contributed by atoms with van der Waals surface area (Å²) >= 11 is 4.81. The van der Waals surface area contributed by atoms with Crippen LogP contribution in [0.25, 0.3) is 0 Å². The number of hydrogen-bond donors (Lipinski definition) is 2. The zero-order valence-electron chi connectivity index (χ0n) is 8.80. The van der Waals surface area contributed by atoms with E-state index in [2.05, 4.69) is 31.4 Å². The van der Waals surface area contributed by atoms with E-state index in [9.17, 15) is 4.79 Å². The first-order valence-corrected chi connectivity index (χ1v) is 6.26. The Hall–Kier alpha value is -1.14. The minimum absolute atomic E-state index is 0.134. The van der Waals surface area contributed by atoms with Gasteiger partial charge in [-0.05, 0) is 41.4 Å². The van der Waals surface area contributed by atoms with Crippen molar-refractivity contribution in [1.29, 1.82) is 0 Å². The van der Waals surface area contributed by atoms with E-state index in [-0.39, 0.29) is 5.91 Å². The quantitative estimate of drug-likeness (QED) is 0.895. The van der Waals surface area contributed by atoms with Gasteiger partial charge in [0.2, 0.25) is 0 Å². The average molecular weight is 300 g/mol. The first kappa shape index (κ1) is 11.3. The van der Waals surface area contributed by atoms with Crippen molar-refractivity contribution in [3.8, 4) is 0 Å². The molecule has 16 heavy (non-hydrogen) atoms. The predicted octanol–water partition coefficient (Wildman–Crippen LogP) is 3.10. The largest absolute Gasteiger partial charge is 0.304 e. The summed E-state index contributed by atoms with van der Waals surface area (Å²) in [5.74, 6) is 0.412. The first-order chi connectivity index (χ1) is 7.56. The molecule has 0 aliphatic rings. The van der Waals surface area contributed by atoms with Crippen LogP contribution in [0.4, 0.5) is 5.82 Å². The van der Waals surface area contributed by atoms with E-state index in [0.717, 1.165) is 15.0 Å². The van der Waals surface area contributed by atoms with E-state index >= 15 is 0 Å². The predicted molar refractivity (Wildman–Crippen MR) is 68.0 cm³/mol. The molecule has 0 bridgehead atoms. The number of rotatable bonds is 2. The van der Waals surface area contributed by atoms with Crippen molar-refractivity contribution >= 4 is 39.0 Å². The van der Waals surface area contributed by atoms with Gasteiger partial charge < -0.3 is 5.32 Å². The van der Waals surface area contributed by atoms with Gasteiger partial charge in [-0.1, -0.05) is 0 Å². The molecule has 0 saturated carbocycles. The van der Waals surface area contributed by atoms with E-state index in [0.29, 0.717) is 10.7 Å². The lowest BCUT2D eigenvalue weighted by molar-refractivity contribution is 0.103. The Bertz CT molecular complexity index is 512. The summed E-state index contributed by atoms with van der Waals surface area (Å²) in [6, 6.07) is 3.64. The highest BCUT2D eigenvalue weighted by atomic mass is 79.9. The van der Waals surface area contributed by atoms with Gasteiger partial charge in [0.05, 0.1) is 8.66 Å². The summed E-state index contributed by atoms with van der Waals surface area (Å²) in [6.45, 7) is 3.84. The number of carbonyl (C=O) groups is 1. The van der Waals surface area contributed by atoms with Crippen LogP contribution >= 0.6 is 27.3 Å². The minimum Gasteiger partial charge on any atom is -0.304 e. The molecule has 4 nitrogen and oxygen atoms in total. The highest BCUT2D eigenvalue weighted by Crippen LogP contribution is 2.27. The maximum Gasteiger partial charge on any atom is 0.266 e. The second-order valence-corrected chi connectivity index (χ2v) is 5.83. The van der Waals surface area contributed by atoms with Gasteiger partial charge in [-0.2, -0.15) is 5.10 Å². The summed E-state index contributed by atoms with van der Waals surface area (Å²) in [6.07, 6.45) is 0. The monoisotopic (exact) mass is 299 g/mol. The topological polar surface area (TPSA) is 57.8 Å². The summed E-state index contributed by atoms with van der Waals surface area (Å²) in [5, 5.41) is 9.45. The van der Waals surface area contributed by atoms with Gasteiger partial charge in [-0.25, -0.2) is 0 Å². The molecule has 0 atom stereocenters. The average Bonchev–Trinajstić information content (AvgIpc) is 2.75. The molecule has 2 aromatic heterocycles. The second-order valence-electron chi connectivity index (χ2n) is 3.46. The first-order valence-electron chi connectivity index (χ1n) is 4.65. The van der Waals surface area contributed by atoms with Crippen molar-refractivity contribution in [2.75, 3.05) is 5.32 Å². The third-order valence-electron chi connectivity index (χ3n) is 2.03. The fourth-order valence-corrected chi connectivity index (χ4v) is 2.66. The van der Waals surface area contributed by atoms with Crippen molar-refractivity contribution in [2.45, 2.75) is 13.8 Å². The van der Waals surface area contributed by atoms with Gasteiger partial charge in [0, 0.05) is 11.8 Å². The van der Waals surface area contributed by atoms with E-state index < -0.39 is 0 Å². The molecule has 0 fully saturated rings. The molecule has 1 amide bonds. The van der Waals surface area contributed by atoms with E-state index in [4.69, 9.17) is 0 Å². The van der Waals surface area contributed by atoms with Crippen molar-refractivity contribution in [3.63, 3.8) is 0 Å². The van der Waals surface area contributed by atoms with Crippen molar-refractivity contribution in [1.82, 2.24) is 10.2 Å². The molecule has 0 aromatic carbocycles. The Morgan fingerprint density at radius 3 is 2.75 bits per heavy atom. The molecule has 84 valence electrons. The molecule has 0 spiro atoms. The maximum atomic E-state index is 11.8. The Balaban J connectivity index is 2.14. The smallest absolute Gasteiger partial charge is 0.266 e. The van der Waals surface area contributed by atoms with Crippen molar-refractivity contribution < 1.29 is 4.79 Å². The van der Waals surface area contributed by atoms with Gasteiger partial charge >= 0.3 is 0 Å². The van der Waals surface area contributed by atoms with Crippen LogP contribution in [0.2, 0.25) is 0 Å². The molecule has 2 rings (SSSR count). The summed E-state index contributed by atoms with van der Waals surface area (Å²) in [7, 11) is 0. The van der Waals surface area contributed by atoms with E-state index in [1.165, 1.54) is 11.3 Å². The molecule has 2 heterocycles. The van der Waals surface area contributed by atoms with Crippen LogP contribution in [0.3, 0.4) is 0 Å². The molecule has 0 aliphatic carbocycles. The van der Waals surface area contributed by atoms with Crippen LogP contribution in [0, 0.1) is 13.8 Å². The molecule has 6 heteroatoms. The molecular weight excluding hydrogens is 290 g/mol. The van der Waals surface area contributed by atoms with Gasteiger partial charge in [-0.3, -0.25) is 9.89 Å². The third kappa shape index (κ3) is 2.33. The summed E-state index contributed by atoms with van der Waals surface area (Å²) in [5.41, 5.74) is 1.98. The Kier molecular flexibility index (Phi) is 3.11. The fourth-order valence-electron chi connectivity index (χ4n) is 1.23. The fraction of sp³-hybridized carbons (Fsp3) is 0.200. The number of H-pyrrole nitrogens is 1. The number of thiophene rings is 1. The van der Waals surface area contributed by atoms with E-state index in [1.807, 2.05) is 19.9 Å². The number of nitrogens with one attached hydrogen (secondary N) is 2. The zero-order chi connectivity index (χ0) is 11.7. The molecule has 2 N–H and O–H groups in total. The van der Waals surface area contributed by atoms with Crippen LogP contribution in [0.1, 0.15) is 20.9 Å². The van der Waals surface area contributed by atoms with E-state index in [1.54, 1.807) is 6.07 Å². The Labute approximate surface area is 105 Å². The molecule has 0 aliphatic heterocycles. The zero-order valence-corrected chi connectivity index (χ0v) is 11.2. The number of nitrogens with zero attached hydrogens (tertiary/aromatic N) is 1. The summed E-state index contributed by atoms with van der Waals surface area (Å²) in [4.78, 5) is 12.5. The number of anilines is 1. The van der Waals surface area contributed by atoms with Crippen LogP contribution in [0.5, 0.6) is 0 Å². The lowest BCUT2D eigenvalue weighted by Gasteiger charge is -1.97. The van der Waals surface area contributed by atoms with Crippen LogP contribution in [0.15, 0.2) is 15.9 Å². The van der Waals surface area contributed by atoms with Gasteiger partial charge in [0.25, 0.3) is 5.91 Å². The lowest BCUT2D eigenvalue weighted by atomic mass is 10.3. The molecular formula is C10H10BrN3OS. The number of halogens is 1. The van der Waals surface area contributed by atoms with Crippen molar-refractivity contribution in [3.05, 3.63) is 32.1 Å². The normalized spacial score (nSPS) is 10.4. The highest BCUT2D eigenvalue weighted by molar-refractivity contribution is 9.11. The van der Waals surface area contributed by atoms with Crippen LogP contribution in [-0.2, 0) is 0 Å². The number of hydrogen-bond acceptors (Lipinski definition) is 3. The Morgan fingerprint density at radius 1 is 1.50 bits per heavy atom. The summed E-state index contributed by atoms with van der Waals surface area (Å²) < 4.78 is 0.982. The number of carbonyl (C=O) groups excluding carboxylic acids is 1. The minimum atomic E-state index is -0.134. The maximum absolute atomic E-state index is 11.8. The molecule has 2 aromatic rings. The number of aromatic amines is 1. The highest BCUT2D eigenvalue weighted by Gasteiger charge is 2.12. The molecule has 0 unspecified atom stereocenters. The van der Waals surface area contributed by atoms with Crippen molar-refractivity contribution in [2.24, 2.45) is 0 Å². The van der Waals surface area contributed by atoms with Gasteiger partial charge in [-0.15, -0.1) is 11.3 Å². The van der Waals surface area contributed by atoms with Crippen LogP contribution < -0.4 is 5.32 Å².